The molecule has 0 fully saturated rings. The van der Waals surface area contributed by atoms with Crippen LogP contribution >= 0.6 is 11.3 Å². The topological polar surface area (TPSA) is 104 Å². The smallest absolute Gasteiger partial charge is 0.314 e. The number of anilines is 1. The Morgan fingerprint density at radius 3 is 2.85 bits per heavy atom. The van der Waals surface area contributed by atoms with E-state index >= 15 is 0 Å². The molecule has 3 N–H and O–H groups in total. The van der Waals surface area contributed by atoms with Crippen molar-refractivity contribution < 1.29 is 19.2 Å². The molecule has 0 bridgehead atoms. The molecule has 0 saturated carbocycles. The fourth-order valence-electron chi connectivity index (χ4n) is 1.54. The Labute approximate surface area is 118 Å². The van der Waals surface area contributed by atoms with Crippen molar-refractivity contribution in [2.45, 2.75) is 13.0 Å². The maximum absolute atomic E-state index is 11.5. The van der Waals surface area contributed by atoms with Crippen molar-refractivity contribution in [3.8, 4) is 0 Å². The van der Waals surface area contributed by atoms with E-state index in [9.17, 15) is 14.7 Å². The molecule has 2 aromatic rings. The van der Waals surface area contributed by atoms with Crippen LogP contribution in [0.4, 0.5) is 5.82 Å². The molecule has 20 heavy (non-hydrogen) atoms. The van der Waals surface area contributed by atoms with Crippen LogP contribution in [0.5, 0.6) is 0 Å². The van der Waals surface area contributed by atoms with Crippen molar-refractivity contribution in [3.05, 3.63) is 34.2 Å². The second kappa shape index (κ2) is 6.31. The predicted molar refractivity (Wildman–Crippen MR) is 72.2 cm³/mol. The molecular weight excluding hydrogens is 282 g/mol. The van der Waals surface area contributed by atoms with Crippen molar-refractivity contribution in [1.29, 1.82) is 0 Å². The Hall–Kier alpha value is -2.19. The standard InChI is InChI=1S/C12H13N3O4S/c1-7-3-5-20-10(7)8(16)6-13-11(17)12(18)14-9-2-4-19-15-9/h2-5,8,16H,6H2,1H3,(H,13,17)(H,14,15,18)/t8-/m1/s1. The maximum Gasteiger partial charge on any atom is 0.314 e. The molecule has 0 aliphatic heterocycles. The Balaban J connectivity index is 1.83. The van der Waals surface area contributed by atoms with Gasteiger partial charge in [0.25, 0.3) is 0 Å². The number of nitrogens with zero attached hydrogens (tertiary/aromatic N) is 1. The van der Waals surface area contributed by atoms with Gasteiger partial charge in [-0.3, -0.25) is 14.9 Å². The molecule has 0 aliphatic carbocycles. The summed E-state index contributed by atoms with van der Waals surface area (Å²) in [5, 5.41) is 19.8. The predicted octanol–water partition coefficient (Wildman–Crippen LogP) is 0.833. The minimum Gasteiger partial charge on any atom is -0.386 e. The third kappa shape index (κ3) is 3.43. The highest BCUT2D eigenvalue weighted by Crippen LogP contribution is 2.22. The van der Waals surface area contributed by atoms with E-state index in [2.05, 4.69) is 20.3 Å². The van der Waals surface area contributed by atoms with E-state index in [1.54, 1.807) is 0 Å². The van der Waals surface area contributed by atoms with Gasteiger partial charge >= 0.3 is 11.8 Å². The van der Waals surface area contributed by atoms with Gasteiger partial charge in [-0.2, -0.15) is 0 Å². The molecule has 0 aromatic carbocycles. The number of rotatable bonds is 4. The largest absolute Gasteiger partial charge is 0.386 e. The van der Waals surface area contributed by atoms with Gasteiger partial charge in [0, 0.05) is 17.5 Å². The minimum absolute atomic E-state index is 0.0353. The Bertz CT molecular complexity index is 594. The monoisotopic (exact) mass is 295 g/mol. The molecule has 7 nitrogen and oxygen atoms in total. The van der Waals surface area contributed by atoms with Gasteiger partial charge in [-0.1, -0.05) is 5.16 Å². The van der Waals surface area contributed by atoms with Gasteiger partial charge in [-0.15, -0.1) is 11.3 Å². The number of carbonyl (C=O) groups is 2. The van der Waals surface area contributed by atoms with Gasteiger partial charge in [0.1, 0.15) is 12.4 Å². The summed E-state index contributed by atoms with van der Waals surface area (Å²) in [5.41, 5.74) is 0.948. The minimum atomic E-state index is -0.867. The molecule has 1 atom stereocenters. The summed E-state index contributed by atoms with van der Waals surface area (Å²) < 4.78 is 4.52. The van der Waals surface area contributed by atoms with Gasteiger partial charge < -0.3 is 14.9 Å². The quantitative estimate of drug-likeness (QED) is 0.725. The number of aryl methyl sites for hydroxylation is 1. The van der Waals surface area contributed by atoms with E-state index in [0.29, 0.717) is 0 Å². The SMILES string of the molecule is Cc1ccsc1[C@H](O)CNC(=O)C(=O)Nc1ccon1. The van der Waals surface area contributed by atoms with E-state index in [1.165, 1.54) is 23.7 Å². The van der Waals surface area contributed by atoms with Crippen molar-refractivity contribution in [1.82, 2.24) is 10.5 Å². The number of nitrogens with one attached hydrogen (secondary N) is 2. The number of thiophene rings is 1. The van der Waals surface area contributed by atoms with Crippen LogP contribution in [0.25, 0.3) is 0 Å². The molecular formula is C12H13N3O4S. The van der Waals surface area contributed by atoms with Gasteiger partial charge in [-0.05, 0) is 23.9 Å². The fourth-order valence-corrected chi connectivity index (χ4v) is 2.45. The first-order valence-corrected chi connectivity index (χ1v) is 6.67. The number of aliphatic hydroxyl groups excluding tert-OH is 1. The van der Waals surface area contributed by atoms with Gasteiger partial charge in [0.15, 0.2) is 5.82 Å². The molecule has 2 amide bonds. The first-order valence-electron chi connectivity index (χ1n) is 5.79. The molecule has 0 spiro atoms. The van der Waals surface area contributed by atoms with Crippen LogP contribution in [-0.4, -0.2) is 28.6 Å². The number of amides is 2. The van der Waals surface area contributed by atoms with E-state index in [-0.39, 0.29) is 12.4 Å². The fraction of sp³-hybridized carbons (Fsp3) is 0.250. The average molecular weight is 295 g/mol. The summed E-state index contributed by atoms with van der Waals surface area (Å²) in [6.07, 6.45) is 0.440. The van der Waals surface area contributed by atoms with Crippen molar-refractivity contribution in [2.75, 3.05) is 11.9 Å². The van der Waals surface area contributed by atoms with Gasteiger partial charge in [0.2, 0.25) is 0 Å². The molecule has 8 heteroatoms. The molecule has 2 aromatic heterocycles. The number of hydrogen-bond acceptors (Lipinski definition) is 6. The Morgan fingerprint density at radius 2 is 2.25 bits per heavy atom. The number of carbonyl (C=O) groups excluding carboxylic acids is 2. The third-order valence-corrected chi connectivity index (χ3v) is 3.67. The Morgan fingerprint density at radius 1 is 1.45 bits per heavy atom. The second-order valence-corrected chi connectivity index (χ2v) is 4.98. The summed E-state index contributed by atoms with van der Waals surface area (Å²) in [7, 11) is 0. The van der Waals surface area contributed by atoms with Crippen molar-refractivity contribution in [2.24, 2.45) is 0 Å². The molecule has 0 aliphatic rings. The Kier molecular flexibility index (Phi) is 4.49. The lowest BCUT2D eigenvalue weighted by molar-refractivity contribution is -0.136. The van der Waals surface area contributed by atoms with E-state index in [1.807, 2.05) is 18.4 Å². The molecule has 106 valence electrons. The number of hydrogen-bond donors (Lipinski definition) is 3. The third-order valence-electron chi connectivity index (χ3n) is 2.55. The first-order chi connectivity index (χ1) is 9.58. The molecule has 0 unspecified atom stereocenters. The van der Waals surface area contributed by atoms with Gasteiger partial charge in [-0.25, -0.2) is 0 Å². The zero-order valence-electron chi connectivity index (χ0n) is 10.6. The highest BCUT2D eigenvalue weighted by atomic mass is 32.1. The van der Waals surface area contributed by atoms with Crippen LogP contribution in [-0.2, 0) is 9.59 Å². The zero-order valence-corrected chi connectivity index (χ0v) is 11.4. The lowest BCUT2D eigenvalue weighted by Gasteiger charge is -2.11. The van der Waals surface area contributed by atoms with Crippen LogP contribution in [0.2, 0.25) is 0 Å². The second-order valence-electron chi connectivity index (χ2n) is 4.03. The highest BCUT2D eigenvalue weighted by molar-refractivity contribution is 7.10. The highest BCUT2D eigenvalue weighted by Gasteiger charge is 2.18. The first kappa shape index (κ1) is 14.2. The number of aromatic nitrogens is 1. The molecule has 0 saturated heterocycles. The van der Waals surface area contributed by atoms with Crippen molar-refractivity contribution >= 4 is 29.0 Å². The maximum atomic E-state index is 11.5. The molecule has 0 radical (unpaired) electrons. The number of aliphatic hydroxyl groups is 1. The summed E-state index contributed by atoms with van der Waals surface area (Å²) >= 11 is 1.40. The average Bonchev–Trinajstić information content (AvgIpc) is 3.06. The lowest BCUT2D eigenvalue weighted by Crippen LogP contribution is -2.37. The van der Waals surface area contributed by atoms with Crippen LogP contribution in [0.3, 0.4) is 0 Å². The lowest BCUT2D eigenvalue weighted by atomic mass is 10.2. The normalized spacial score (nSPS) is 11.9. The zero-order chi connectivity index (χ0) is 14.5. The van der Waals surface area contributed by atoms with Crippen LogP contribution in [0.15, 0.2) is 28.3 Å². The molecule has 2 heterocycles. The van der Waals surface area contributed by atoms with Crippen LogP contribution < -0.4 is 10.6 Å². The summed E-state index contributed by atoms with van der Waals surface area (Å²) in [5.74, 6) is -1.56. The molecule has 2 rings (SSSR count). The van der Waals surface area contributed by atoms with Crippen molar-refractivity contribution in [3.63, 3.8) is 0 Å². The van der Waals surface area contributed by atoms with E-state index < -0.39 is 17.9 Å². The van der Waals surface area contributed by atoms with Crippen LogP contribution in [0, 0.1) is 6.92 Å². The summed E-state index contributed by atoms with van der Waals surface area (Å²) in [6, 6.07) is 3.29. The van der Waals surface area contributed by atoms with E-state index in [0.717, 1.165) is 10.4 Å². The van der Waals surface area contributed by atoms with E-state index in [4.69, 9.17) is 0 Å². The van der Waals surface area contributed by atoms with Gasteiger partial charge in [0.05, 0.1) is 0 Å². The van der Waals surface area contributed by atoms with Crippen LogP contribution in [0.1, 0.15) is 16.5 Å². The summed E-state index contributed by atoms with van der Waals surface area (Å²) in [4.78, 5) is 23.8. The summed E-state index contributed by atoms with van der Waals surface area (Å²) in [6.45, 7) is 1.83.